The number of aliphatic hydroxyl groups is 2. The molecule has 17 heavy (non-hydrogen) atoms. The fraction of sp³-hybridized carbons (Fsp3) is 1.00. The van der Waals surface area contributed by atoms with Crippen LogP contribution in [0.4, 0.5) is 0 Å². The molecule has 0 spiro atoms. The number of ether oxygens (including phenoxy) is 1. The Balaban J connectivity index is 4.02. The second-order valence-electron chi connectivity index (χ2n) is 6.41. The van der Waals surface area contributed by atoms with Gasteiger partial charge in [0, 0.05) is 20.2 Å². The topological polar surface area (TPSA) is 61.7 Å². The fourth-order valence-electron chi connectivity index (χ4n) is 2.44. The van der Waals surface area contributed by atoms with Crippen molar-refractivity contribution in [1.82, 2.24) is 5.32 Å². The van der Waals surface area contributed by atoms with Crippen LogP contribution >= 0.6 is 0 Å². The minimum Gasteiger partial charge on any atom is -0.394 e. The van der Waals surface area contributed by atoms with Crippen molar-refractivity contribution in [3.63, 3.8) is 0 Å². The van der Waals surface area contributed by atoms with Gasteiger partial charge in [-0.1, -0.05) is 27.7 Å². The molecule has 0 heterocycles. The first kappa shape index (κ1) is 16.8. The molecular weight excluding hydrogens is 218 g/mol. The molecule has 0 aromatic carbocycles. The highest BCUT2D eigenvalue weighted by atomic mass is 16.5. The highest BCUT2D eigenvalue weighted by molar-refractivity contribution is 4.81. The van der Waals surface area contributed by atoms with Crippen molar-refractivity contribution in [3.05, 3.63) is 0 Å². The standard InChI is InChI=1S/C13H29NO3/c1-12(2,8-13(3,4)10-17-5)9-14-6-11(16)7-15/h11,14-16H,6-10H2,1-5H3. The number of hydrogen-bond acceptors (Lipinski definition) is 4. The molecule has 4 heteroatoms. The van der Waals surface area contributed by atoms with Gasteiger partial charge in [-0.05, 0) is 17.3 Å². The molecule has 4 nitrogen and oxygen atoms in total. The van der Waals surface area contributed by atoms with E-state index in [1.165, 1.54) is 0 Å². The summed E-state index contributed by atoms with van der Waals surface area (Å²) in [5, 5.41) is 21.1. The van der Waals surface area contributed by atoms with Gasteiger partial charge in [0.2, 0.25) is 0 Å². The molecule has 0 fully saturated rings. The summed E-state index contributed by atoms with van der Waals surface area (Å²) in [5.41, 5.74) is 0.284. The minimum absolute atomic E-state index is 0.136. The predicted molar refractivity (Wildman–Crippen MR) is 70.0 cm³/mol. The lowest BCUT2D eigenvalue weighted by Crippen LogP contribution is -2.38. The maximum atomic E-state index is 9.24. The quantitative estimate of drug-likeness (QED) is 0.569. The molecule has 3 N–H and O–H groups in total. The Morgan fingerprint density at radius 2 is 1.76 bits per heavy atom. The van der Waals surface area contributed by atoms with Gasteiger partial charge < -0.3 is 20.3 Å². The van der Waals surface area contributed by atoms with Crippen molar-refractivity contribution in [2.24, 2.45) is 10.8 Å². The molecule has 0 saturated heterocycles. The van der Waals surface area contributed by atoms with E-state index in [-0.39, 0.29) is 17.4 Å². The molecule has 1 atom stereocenters. The Kier molecular flexibility index (Phi) is 7.24. The molecule has 0 aliphatic carbocycles. The first-order valence-corrected chi connectivity index (χ1v) is 6.21. The smallest absolute Gasteiger partial charge is 0.0894 e. The van der Waals surface area contributed by atoms with Crippen molar-refractivity contribution in [3.8, 4) is 0 Å². The van der Waals surface area contributed by atoms with Gasteiger partial charge in [-0.2, -0.15) is 0 Å². The lowest BCUT2D eigenvalue weighted by molar-refractivity contribution is 0.0629. The van der Waals surface area contributed by atoms with Crippen LogP contribution < -0.4 is 5.32 Å². The van der Waals surface area contributed by atoms with E-state index >= 15 is 0 Å². The molecule has 0 saturated carbocycles. The zero-order valence-electron chi connectivity index (χ0n) is 11.9. The van der Waals surface area contributed by atoms with Gasteiger partial charge in [-0.25, -0.2) is 0 Å². The largest absolute Gasteiger partial charge is 0.394 e. The first-order chi connectivity index (χ1) is 7.72. The third kappa shape index (κ3) is 8.55. The first-order valence-electron chi connectivity index (χ1n) is 6.21. The summed E-state index contributed by atoms with van der Waals surface area (Å²) in [5.74, 6) is 0. The van der Waals surface area contributed by atoms with Gasteiger partial charge in [-0.15, -0.1) is 0 Å². The third-order valence-corrected chi connectivity index (χ3v) is 2.69. The number of rotatable bonds is 9. The average Bonchev–Trinajstić information content (AvgIpc) is 2.14. The summed E-state index contributed by atoms with van der Waals surface area (Å²) in [4.78, 5) is 0. The molecule has 0 aromatic heterocycles. The minimum atomic E-state index is -0.669. The average molecular weight is 247 g/mol. The van der Waals surface area contributed by atoms with E-state index in [0.29, 0.717) is 6.54 Å². The van der Waals surface area contributed by atoms with Crippen LogP contribution in [0.1, 0.15) is 34.1 Å². The number of nitrogens with one attached hydrogen (secondary N) is 1. The molecule has 0 amide bonds. The summed E-state index contributed by atoms with van der Waals surface area (Å²) in [6.07, 6.45) is 0.369. The Bertz CT molecular complexity index is 205. The van der Waals surface area contributed by atoms with Crippen LogP contribution in [0.3, 0.4) is 0 Å². The Hall–Kier alpha value is -0.160. The van der Waals surface area contributed by atoms with E-state index in [1.54, 1.807) is 7.11 Å². The third-order valence-electron chi connectivity index (χ3n) is 2.69. The predicted octanol–water partition coefficient (Wildman–Crippen LogP) is 1.02. The molecule has 1 unspecified atom stereocenters. The molecule has 0 radical (unpaired) electrons. The van der Waals surface area contributed by atoms with Gasteiger partial charge in [0.05, 0.1) is 19.3 Å². The summed E-state index contributed by atoms with van der Waals surface area (Å²) >= 11 is 0. The molecule has 104 valence electrons. The molecule has 0 bridgehead atoms. The lowest BCUT2D eigenvalue weighted by Gasteiger charge is -2.35. The van der Waals surface area contributed by atoms with Crippen molar-refractivity contribution in [2.45, 2.75) is 40.2 Å². The number of hydrogen-bond donors (Lipinski definition) is 3. The van der Waals surface area contributed by atoms with E-state index < -0.39 is 6.10 Å². The monoisotopic (exact) mass is 247 g/mol. The summed E-state index contributed by atoms with van der Waals surface area (Å²) in [6.45, 7) is 10.6. The Morgan fingerprint density at radius 1 is 1.18 bits per heavy atom. The molecule has 0 aliphatic heterocycles. The van der Waals surface area contributed by atoms with Crippen molar-refractivity contribution < 1.29 is 14.9 Å². The maximum absolute atomic E-state index is 9.24. The van der Waals surface area contributed by atoms with E-state index in [4.69, 9.17) is 9.84 Å². The van der Waals surface area contributed by atoms with Gasteiger partial charge >= 0.3 is 0 Å². The Labute approximate surface area is 105 Å². The van der Waals surface area contributed by atoms with Crippen molar-refractivity contribution in [1.29, 1.82) is 0 Å². The second kappa shape index (κ2) is 7.31. The van der Waals surface area contributed by atoms with Crippen LogP contribution in [0.25, 0.3) is 0 Å². The summed E-state index contributed by atoms with van der Waals surface area (Å²) < 4.78 is 5.22. The van der Waals surface area contributed by atoms with Crippen LogP contribution in [-0.2, 0) is 4.74 Å². The van der Waals surface area contributed by atoms with Crippen LogP contribution in [0.5, 0.6) is 0 Å². The Morgan fingerprint density at radius 3 is 2.24 bits per heavy atom. The van der Waals surface area contributed by atoms with Gasteiger partial charge in [-0.3, -0.25) is 0 Å². The van der Waals surface area contributed by atoms with Gasteiger partial charge in [0.1, 0.15) is 0 Å². The molecule has 0 aliphatic rings. The fourth-order valence-corrected chi connectivity index (χ4v) is 2.44. The van der Waals surface area contributed by atoms with Crippen LogP contribution in [-0.4, -0.2) is 49.7 Å². The molecule has 0 rings (SSSR count). The van der Waals surface area contributed by atoms with E-state index in [2.05, 4.69) is 33.0 Å². The summed E-state index contributed by atoms with van der Waals surface area (Å²) in [7, 11) is 1.73. The van der Waals surface area contributed by atoms with Gasteiger partial charge in [0.25, 0.3) is 0 Å². The number of methoxy groups -OCH3 is 1. The van der Waals surface area contributed by atoms with Gasteiger partial charge in [0.15, 0.2) is 0 Å². The highest BCUT2D eigenvalue weighted by Gasteiger charge is 2.28. The van der Waals surface area contributed by atoms with E-state index in [1.807, 2.05) is 0 Å². The zero-order chi connectivity index (χ0) is 13.5. The highest BCUT2D eigenvalue weighted by Crippen LogP contribution is 2.33. The number of aliphatic hydroxyl groups excluding tert-OH is 2. The van der Waals surface area contributed by atoms with E-state index in [9.17, 15) is 5.11 Å². The van der Waals surface area contributed by atoms with Crippen LogP contribution in [0.15, 0.2) is 0 Å². The van der Waals surface area contributed by atoms with Crippen molar-refractivity contribution >= 4 is 0 Å². The van der Waals surface area contributed by atoms with Crippen LogP contribution in [0, 0.1) is 10.8 Å². The van der Waals surface area contributed by atoms with E-state index in [0.717, 1.165) is 19.6 Å². The second-order valence-corrected chi connectivity index (χ2v) is 6.41. The van der Waals surface area contributed by atoms with Crippen LogP contribution in [0.2, 0.25) is 0 Å². The normalized spacial score (nSPS) is 15.0. The zero-order valence-corrected chi connectivity index (χ0v) is 11.9. The summed E-state index contributed by atoms with van der Waals surface area (Å²) in [6, 6.07) is 0. The van der Waals surface area contributed by atoms with Crippen molar-refractivity contribution in [2.75, 3.05) is 33.4 Å². The molecule has 0 aromatic rings. The maximum Gasteiger partial charge on any atom is 0.0894 e. The SMILES string of the molecule is COCC(C)(C)CC(C)(C)CNCC(O)CO. The molecular formula is C13H29NO3. The lowest BCUT2D eigenvalue weighted by atomic mass is 9.75.